The fourth-order valence-electron chi connectivity index (χ4n) is 1.26. The van der Waals surface area contributed by atoms with E-state index in [0.29, 0.717) is 16.1 Å². The lowest BCUT2D eigenvalue weighted by molar-refractivity contribution is 0.0247. The van der Waals surface area contributed by atoms with E-state index >= 15 is 0 Å². The van der Waals surface area contributed by atoms with Crippen LogP contribution in [0.3, 0.4) is 0 Å². The highest BCUT2D eigenvalue weighted by Gasteiger charge is 2.19. The van der Waals surface area contributed by atoms with E-state index in [9.17, 15) is 10.2 Å². The normalized spacial score (nSPS) is 14.1. The Morgan fingerprint density at radius 3 is 2.69 bits per heavy atom. The molecule has 0 saturated heterocycles. The number of thiocyanates is 1. The van der Waals surface area contributed by atoms with Crippen molar-refractivity contribution >= 4 is 17.4 Å². The second-order valence-electron chi connectivity index (χ2n) is 3.23. The Labute approximate surface area is 97.7 Å². The maximum Gasteiger partial charge on any atom is 0.138 e. The van der Waals surface area contributed by atoms with Crippen LogP contribution in [-0.4, -0.2) is 22.9 Å². The van der Waals surface area contributed by atoms with Gasteiger partial charge in [-0.05, 0) is 30.0 Å². The standard InChI is InChI=1S/C10H13N3O2S/c11-4-9(14)10(15)7-3-6(16-5-12)1-2-8(7)13/h1-3,9-10,14-15H,4,11,13H2. The van der Waals surface area contributed by atoms with E-state index in [1.807, 2.05) is 5.40 Å². The second kappa shape index (κ2) is 5.72. The molecule has 0 spiro atoms. The summed E-state index contributed by atoms with van der Waals surface area (Å²) in [5.41, 5.74) is 11.7. The zero-order valence-corrected chi connectivity index (χ0v) is 9.31. The molecule has 2 unspecified atom stereocenters. The van der Waals surface area contributed by atoms with E-state index in [2.05, 4.69) is 0 Å². The predicted octanol–water partition coefficient (Wildman–Crippen LogP) is 0.195. The van der Waals surface area contributed by atoms with Crippen LogP contribution < -0.4 is 11.5 Å². The fraction of sp³-hybridized carbons (Fsp3) is 0.300. The van der Waals surface area contributed by atoms with Gasteiger partial charge in [0.1, 0.15) is 11.5 Å². The van der Waals surface area contributed by atoms with Gasteiger partial charge in [0.2, 0.25) is 0 Å². The topological polar surface area (TPSA) is 116 Å². The summed E-state index contributed by atoms with van der Waals surface area (Å²) in [4.78, 5) is 0.662. The summed E-state index contributed by atoms with van der Waals surface area (Å²) in [5, 5.41) is 29.6. The first kappa shape index (κ1) is 12.8. The Balaban J connectivity index is 3.02. The summed E-state index contributed by atoms with van der Waals surface area (Å²) in [6.45, 7) is -0.0593. The summed E-state index contributed by atoms with van der Waals surface area (Å²) in [5.74, 6) is 0. The van der Waals surface area contributed by atoms with E-state index in [4.69, 9.17) is 16.7 Å². The smallest absolute Gasteiger partial charge is 0.138 e. The van der Waals surface area contributed by atoms with Crippen LogP contribution in [0, 0.1) is 10.7 Å². The highest BCUT2D eigenvalue weighted by atomic mass is 32.2. The van der Waals surface area contributed by atoms with E-state index in [1.165, 1.54) is 0 Å². The zero-order chi connectivity index (χ0) is 12.1. The molecule has 6 N–H and O–H groups in total. The number of nitriles is 1. The van der Waals surface area contributed by atoms with Crippen molar-refractivity contribution in [2.75, 3.05) is 12.3 Å². The molecule has 0 bridgehead atoms. The summed E-state index contributed by atoms with van der Waals surface area (Å²) in [7, 11) is 0. The summed E-state index contributed by atoms with van der Waals surface area (Å²) >= 11 is 0.961. The molecule has 0 fully saturated rings. The molecule has 0 saturated carbocycles. The van der Waals surface area contributed by atoms with Crippen LogP contribution in [0.15, 0.2) is 23.1 Å². The predicted molar refractivity (Wildman–Crippen MR) is 62.3 cm³/mol. The van der Waals surface area contributed by atoms with Gasteiger partial charge in [-0.3, -0.25) is 0 Å². The molecule has 0 aromatic heterocycles. The van der Waals surface area contributed by atoms with Gasteiger partial charge in [-0.1, -0.05) is 0 Å². The lowest BCUT2D eigenvalue weighted by atomic mass is 10.0. The van der Waals surface area contributed by atoms with Crippen LogP contribution in [0.25, 0.3) is 0 Å². The number of aliphatic hydroxyl groups is 2. The van der Waals surface area contributed by atoms with Gasteiger partial charge in [-0.25, -0.2) is 0 Å². The van der Waals surface area contributed by atoms with Crippen LogP contribution in [0.5, 0.6) is 0 Å². The van der Waals surface area contributed by atoms with Gasteiger partial charge >= 0.3 is 0 Å². The van der Waals surface area contributed by atoms with Gasteiger partial charge in [0.15, 0.2) is 0 Å². The molecule has 86 valence electrons. The van der Waals surface area contributed by atoms with Crippen LogP contribution >= 0.6 is 11.8 Å². The third-order valence-corrected chi connectivity index (χ3v) is 2.73. The first-order valence-electron chi connectivity index (χ1n) is 4.61. The lowest BCUT2D eigenvalue weighted by Crippen LogP contribution is -2.27. The maximum absolute atomic E-state index is 9.76. The Hall–Kier alpha value is -1.26. The summed E-state index contributed by atoms with van der Waals surface area (Å²) in [6, 6.07) is 4.84. The van der Waals surface area contributed by atoms with Crippen LogP contribution in [0.2, 0.25) is 0 Å². The molecule has 1 aromatic carbocycles. The Kier molecular flexibility index (Phi) is 4.58. The van der Waals surface area contributed by atoms with Crippen molar-refractivity contribution in [3.8, 4) is 5.40 Å². The van der Waals surface area contributed by atoms with Crippen molar-refractivity contribution in [3.63, 3.8) is 0 Å². The van der Waals surface area contributed by atoms with E-state index < -0.39 is 12.2 Å². The number of nitrogen functional groups attached to an aromatic ring is 1. The first-order chi connectivity index (χ1) is 7.60. The molecular formula is C10H13N3O2S. The minimum Gasteiger partial charge on any atom is -0.398 e. The van der Waals surface area contributed by atoms with Crippen molar-refractivity contribution in [1.29, 1.82) is 5.26 Å². The number of rotatable bonds is 4. The van der Waals surface area contributed by atoms with Crippen molar-refractivity contribution in [2.24, 2.45) is 5.73 Å². The SMILES string of the molecule is N#CSc1ccc(N)c(C(O)C(O)CN)c1. The van der Waals surface area contributed by atoms with Crippen LogP contribution in [-0.2, 0) is 0 Å². The number of hydrogen-bond donors (Lipinski definition) is 4. The van der Waals surface area contributed by atoms with E-state index in [-0.39, 0.29) is 6.54 Å². The molecule has 1 rings (SSSR count). The molecule has 2 atom stereocenters. The Morgan fingerprint density at radius 1 is 1.44 bits per heavy atom. The van der Waals surface area contributed by atoms with Gasteiger partial charge in [-0.15, -0.1) is 0 Å². The molecule has 5 nitrogen and oxygen atoms in total. The number of anilines is 1. The molecule has 0 aliphatic heterocycles. The first-order valence-corrected chi connectivity index (χ1v) is 5.43. The van der Waals surface area contributed by atoms with Crippen LogP contribution in [0.1, 0.15) is 11.7 Å². The average molecular weight is 239 g/mol. The molecule has 0 heterocycles. The molecule has 16 heavy (non-hydrogen) atoms. The number of nitrogens with two attached hydrogens (primary N) is 2. The third kappa shape index (κ3) is 2.87. The van der Waals surface area contributed by atoms with Gasteiger partial charge in [0.25, 0.3) is 0 Å². The molecule has 0 radical (unpaired) electrons. The fourth-order valence-corrected chi connectivity index (χ4v) is 1.69. The summed E-state index contributed by atoms with van der Waals surface area (Å²) < 4.78 is 0. The van der Waals surface area contributed by atoms with Crippen molar-refractivity contribution in [1.82, 2.24) is 0 Å². The van der Waals surface area contributed by atoms with Crippen molar-refractivity contribution in [2.45, 2.75) is 17.1 Å². The van der Waals surface area contributed by atoms with E-state index in [1.54, 1.807) is 18.2 Å². The largest absolute Gasteiger partial charge is 0.398 e. The highest BCUT2D eigenvalue weighted by molar-refractivity contribution is 8.03. The number of nitrogens with zero attached hydrogens (tertiary/aromatic N) is 1. The lowest BCUT2D eigenvalue weighted by Gasteiger charge is -2.18. The van der Waals surface area contributed by atoms with Crippen molar-refractivity contribution < 1.29 is 10.2 Å². The molecule has 0 aliphatic rings. The molecule has 1 aromatic rings. The second-order valence-corrected chi connectivity index (χ2v) is 4.09. The third-order valence-electron chi connectivity index (χ3n) is 2.15. The quantitative estimate of drug-likeness (QED) is 0.339. The van der Waals surface area contributed by atoms with Gasteiger partial charge in [0, 0.05) is 22.7 Å². The summed E-state index contributed by atoms with van der Waals surface area (Å²) in [6.07, 6.45) is -2.20. The number of benzene rings is 1. The highest BCUT2D eigenvalue weighted by Crippen LogP contribution is 2.28. The van der Waals surface area contributed by atoms with Crippen LogP contribution in [0.4, 0.5) is 5.69 Å². The molecule has 0 aliphatic carbocycles. The Morgan fingerprint density at radius 2 is 2.12 bits per heavy atom. The molecule has 6 heteroatoms. The Bertz CT molecular complexity index is 406. The zero-order valence-electron chi connectivity index (χ0n) is 8.50. The maximum atomic E-state index is 9.76. The number of thioether (sulfide) groups is 1. The minimum absolute atomic E-state index is 0.0593. The van der Waals surface area contributed by atoms with Gasteiger partial charge in [0.05, 0.1) is 6.10 Å². The number of aliphatic hydroxyl groups excluding tert-OH is 2. The number of hydrogen-bond acceptors (Lipinski definition) is 6. The van der Waals surface area contributed by atoms with Gasteiger partial charge < -0.3 is 21.7 Å². The average Bonchev–Trinajstić information content (AvgIpc) is 2.30. The molecular weight excluding hydrogens is 226 g/mol. The van der Waals surface area contributed by atoms with Crippen molar-refractivity contribution in [3.05, 3.63) is 23.8 Å². The van der Waals surface area contributed by atoms with Gasteiger partial charge in [-0.2, -0.15) is 5.26 Å². The minimum atomic E-state index is -1.13. The van der Waals surface area contributed by atoms with E-state index in [0.717, 1.165) is 11.8 Å². The monoisotopic (exact) mass is 239 g/mol. The molecule has 0 amide bonds.